The Kier molecular flexibility index (Phi) is 8.18. The number of halogens is 2. The summed E-state index contributed by atoms with van der Waals surface area (Å²) in [6.45, 7) is 7.34. The first-order chi connectivity index (χ1) is 18.9. The van der Waals surface area contributed by atoms with Crippen molar-refractivity contribution in [3.05, 3.63) is 77.5 Å². The molecule has 0 unspecified atom stereocenters. The molecule has 8 nitrogen and oxygen atoms in total. The average Bonchev–Trinajstić information content (AvgIpc) is 2.95. The van der Waals surface area contributed by atoms with Gasteiger partial charge in [-0.25, -0.2) is 14.4 Å². The maximum absolute atomic E-state index is 14.4. The normalized spacial score (nSPS) is 14.8. The van der Waals surface area contributed by atoms with Crippen molar-refractivity contribution in [2.75, 3.05) is 49.5 Å². The molecule has 5 rings (SSSR count). The predicted octanol–water partition coefficient (Wildman–Crippen LogP) is 5.34. The quantitative estimate of drug-likeness (QED) is 0.295. The molecule has 0 saturated carbocycles. The van der Waals surface area contributed by atoms with E-state index in [1.807, 2.05) is 50.5 Å². The number of hydrogen-bond acceptors (Lipinski definition) is 8. The molecule has 3 heterocycles. The fraction of sp³-hybridized carbons (Fsp3) is 0.310. The van der Waals surface area contributed by atoms with Crippen molar-refractivity contribution in [1.29, 1.82) is 0 Å². The molecular formula is C29H30ClFN6O2. The van der Waals surface area contributed by atoms with Crippen LogP contribution in [0.25, 0.3) is 22.0 Å². The van der Waals surface area contributed by atoms with E-state index < -0.39 is 0 Å². The van der Waals surface area contributed by atoms with Gasteiger partial charge in [-0.05, 0) is 37.6 Å². The van der Waals surface area contributed by atoms with Gasteiger partial charge in [-0.1, -0.05) is 35.9 Å². The summed E-state index contributed by atoms with van der Waals surface area (Å²) < 4.78 is 19.4. The van der Waals surface area contributed by atoms with E-state index >= 15 is 0 Å². The standard InChI is InChI=1S/C29H30ClFN6O2/c1-3-39-27(38)18-36-10-12-37(13-11-36)29-33-15-21(16-34-29)20-8-9-26-23(14-20)28(24(30)17-32-26)35-19(2)22-6-4-5-7-25(22)31/h4-9,14-17,19H,3,10-13,18H2,1-2H3,(H,32,35)/t19-/m1/s1. The molecule has 10 heteroatoms. The lowest BCUT2D eigenvalue weighted by molar-refractivity contribution is -0.144. The summed E-state index contributed by atoms with van der Waals surface area (Å²) in [5.74, 6) is 0.185. The molecule has 1 aliphatic rings. The Hall–Kier alpha value is -3.82. The number of pyridine rings is 1. The number of nitrogens with zero attached hydrogens (tertiary/aromatic N) is 5. The van der Waals surface area contributed by atoms with Crippen LogP contribution in [0, 0.1) is 5.82 Å². The van der Waals surface area contributed by atoms with Crippen molar-refractivity contribution >= 4 is 40.1 Å². The molecule has 2 aromatic heterocycles. The van der Waals surface area contributed by atoms with Crippen molar-refractivity contribution in [2.24, 2.45) is 0 Å². The molecule has 0 radical (unpaired) electrons. The summed E-state index contributed by atoms with van der Waals surface area (Å²) in [5.41, 5.74) is 3.79. The van der Waals surface area contributed by atoms with E-state index in [0.29, 0.717) is 35.4 Å². The summed E-state index contributed by atoms with van der Waals surface area (Å²) in [6, 6.07) is 12.3. The molecule has 0 amide bonds. The van der Waals surface area contributed by atoms with Crippen molar-refractivity contribution in [3.63, 3.8) is 0 Å². The number of hydrogen-bond donors (Lipinski definition) is 1. The summed E-state index contributed by atoms with van der Waals surface area (Å²) in [5, 5.41) is 4.66. The Bertz CT molecular complexity index is 1460. The Morgan fingerprint density at radius 1 is 1.05 bits per heavy atom. The molecule has 4 aromatic rings. The Balaban J connectivity index is 1.33. The van der Waals surface area contributed by atoms with E-state index in [2.05, 4.69) is 30.1 Å². The van der Waals surface area contributed by atoms with Crippen LogP contribution in [-0.4, -0.2) is 65.2 Å². The fourth-order valence-corrected chi connectivity index (χ4v) is 4.95. The first-order valence-electron chi connectivity index (χ1n) is 13.0. The van der Waals surface area contributed by atoms with Gasteiger partial charge in [0.2, 0.25) is 5.95 Å². The van der Waals surface area contributed by atoms with Gasteiger partial charge in [-0.3, -0.25) is 14.7 Å². The zero-order valence-corrected chi connectivity index (χ0v) is 22.7. The lowest BCUT2D eigenvalue weighted by Crippen LogP contribution is -2.48. The predicted molar refractivity (Wildman–Crippen MR) is 152 cm³/mol. The summed E-state index contributed by atoms with van der Waals surface area (Å²) >= 11 is 6.56. The highest BCUT2D eigenvalue weighted by molar-refractivity contribution is 6.34. The average molecular weight is 549 g/mol. The molecule has 202 valence electrons. The maximum atomic E-state index is 14.4. The van der Waals surface area contributed by atoms with Crippen molar-refractivity contribution in [3.8, 4) is 11.1 Å². The molecule has 1 aliphatic heterocycles. The van der Waals surface area contributed by atoms with Gasteiger partial charge in [0.25, 0.3) is 0 Å². The lowest BCUT2D eigenvalue weighted by atomic mass is 10.0. The summed E-state index contributed by atoms with van der Waals surface area (Å²) in [4.78, 5) is 29.6. The molecule has 0 aliphatic carbocycles. The highest BCUT2D eigenvalue weighted by Crippen LogP contribution is 2.35. The van der Waals surface area contributed by atoms with Crippen molar-refractivity contribution in [2.45, 2.75) is 19.9 Å². The Labute approximate surface area is 231 Å². The Morgan fingerprint density at radius 2 is 1.79 bits per heavy atom. The number of benzene rings is 2. The second kappa shape index (κ2) is 11.9. The first kappa shape index (κ1) is 26.8. The monoisotopic (exact) mass is 548 g/mol. The number of anilines is 2. The molecule has 0 bridgehead atoms. The van der Waals surface area contributed by atoms with Gasteiger partial charge in [-0.15, -0.1) is 0 Å². The topological polar surface area (TPSA) is 83.5 Å². The third-order valence-electron chi connectivity index (χ3n) is 6.84. The van der Waals surface area contributed by atoms with Crippen LogP contribution < -0.4 is 10.2 Å². The molecule has 1 fully saturated rings. The number of nitrogens with one attached hydrogen (secondary N) is 1. The molecule has 1 N–H and O–H groups in total. The van der Waals surface area contributed by atoms with Gasteiger partial charge in [0.05, 0.1) is 35.4 Å². The van der Waals surface area contributed by atoms with Gasteiger partial charge < -0.3 is 15.0 Å². The van der Waals surface area contributed by atoms with Crippen LogP contribution in [0.5, 0.6) is 0 Å². The summed E-state index contributed by atoms with van der Waals surface area (Å²) in [7, 11) is 0. The maximum Gasteiger partial charge on any atom is 0.320 e. The van der Waals surface area contributed by atoms with Crippen LogP contribution in [0.4, 0.5) is 16.0 Å². The van der Waals surface area contributed by atoms with Crippen molar-refractivity contribution < 1.29 is 13.9 Å². The van der Waals surface area contributed by atoms with Crippen LogP contribution in [0.2, 0.25) is 5.02 Å². The zero-order chi connectivity index (χ0) is 27.4. The van der Waals surface area contributed by atoms with Crippen LogP contribution in [0.3, 0.4) is 0 Å². The largest absolute Gasteiger partial charge is 0.465 e. The minimum atomic E-state index is -0.307. The van der Waals surface area contributed by atoms with E-state index in [0.717, 1.165) is 48.2 Å². The number of ether oxygens (including phenoxy) is 1. The number of aromatic nitrogens is 3. The van der Waals surface area contributed by atoms with Gasteiger partial charge >= 0.3 is 5.97 Å². The third-order valence-corrected chi connectivity index (χ3v) is 7.13. The van der Waals surface area contributed by atoms with Crippen LogP contribution in [0.1, 0.15) is 25.5 Å². The van der Waals surface area contributed by atoms with Crippen LogP contribution >= 0.6 is 11.6 Å². The second-order valence-corrected chi connectivity index (χ2v) is 9.85. The Morgan fingerprint density at radius 3 is 2.51 bits per heavy atom. The van der Waals surface area contributed by atoms with Crippen LogP contribution in [-0.2, 0) is 9.53 Å². The molecule has 39 heavy (non-hydrogen) atoms. The van der Waals surface area contributed by atoms with Gasteiger partial charge in [0, 0.05) is 61.3 Å². The highest BCUT2D eigenvalue weighted by atomic mass is 35.5. The molecular weight excluding hydrogens is 519 g/mol. The van der Waals surface area contributed by atoms with E-state index in [1.54, 1.807) is 18.3 Å². The van der Waals surface area contributed by atoms with Gasteiger partial charge in [0.1, 0.15) is 5.82 Å². The molecule has 0 spiro atoms. The van der Waals surface area contributed by atoms with E-state index in [4.69, 9.17) is 16.3 Å². The van der Waals surface area contributed by atoms with E-state index in [1.165, 1.54) is 6.07 Å². The molecule has 2 aromatic carbocycles. The lowest BCUT2D eigenvalue weighted by Gasteiger charge is -2.34. The number of esters is 1. The molecule has 1 saturated heterocycles. The third kappa shape index (κ3) is 6.10. The highest BCUT2D eigenvalue weighted by Gasteiger charge is 2.21. The SMILES string of the molecule is CCOC(=O)CN1CCN(c2ncc(-c3ccc4ncc(Cl)c(N[C@H](C)c5ccccc5F)c4c3)cn2)CC1. The fourth-order valence-electron chi connectivity index (χ4n) is 4.74. The number of piperazine rings is 1. The number of carbonyl (C=O) groups excluding carboxylic acids is 1. The van der Waals surface area contributed by atoms with Crippen LogP contribution in [0.15, 0.2) is 61.1 Å². The number of rotatable bonds is 8. The van der Waals surface area contributed by atoms with Gasteiger partial charge in [-0.2, -0.15) is 0 Å². The smallest absolute Gasteiger partial charge is 0.320 e. The van der Waals surface area contributed by atoms with Crippen molar-refractivity contribution in [1.82, 2.24) is 19.9 Å². The summed E-state index contributed by atoms with van der Waals surface area (Å²) in [6.07, 6.45) is 5.22. The van der Waals surface area contributed by atoms with E-state index in [9.17, 15) is 9.18 Å². The minimum absolute atomic E-state index is 0.196. The first-order valence-corrected chi connectivity index (χ1v) is 13.3. The van der Waals surface area contributed by atoms with Gasteiger partial charge in [0.15, 0.2) is 0 Å². The zero-order valence-electron chi connectivity index (χ0n) is 21.9. The minimum Gasteiger partial charge on any atom is -0.465 e. The van der Waals surface area contributed by atoms with E-state index in [-0.39, 0.29) is 17.8 Å². The number of carbonyl (C=O) groups is 1. The second-order valence-electron chi connectivity index (χ2n) is 9.44. The molecule has 1 atom stereocenters. The number of fused-ring (bicyclic) bond motifs is 1.